The molecule has 0 saturated heterocycles. The summed E-state index contributed by atoms with van der Waals surface area (Å²) in [5.74, 6) is 7.56. The van der Waals surface area contributed by atoms with Gasteiger partial charge in [-0.3, -0.25) is 0 Å². The van der Waals surface area contributed by atoms with Gasteiger partial charge in [0.05, 0.1) is 6.10 Å². The second-order valence-electron chi connectivity index (χ2n) is 17.8. The van der Waals surface area contributed by atoms with Gasteiger partial charge in [-0.15, -0.1) is 0 Å². The van der Waals surface area contributed by atoms with Crippen molar-refractivity contribution in [1.29, 1.82) is 0 Å². The second-order valence-corrected chi connectivity index (χ2v) is 17.8. The van der Waals surface area contributed by atoms with E-state index >= 15 is 0 Å². The Morgan fingerprint density at radius 1 is 0.628 bits per heavy atom. The molecule has 0 aromatic carbocycles. The molecule has 0 radical (unpaired) electrons. The lowest BCUT2D eigenvalue weighted by molar-refractivity contribution is -0.137. The van der Waals surface area contributed by atoms with E-state index in [-0.39, 0.29) is 0 Å². The zero-order valence-electron chi connectivity index (χ0n) is 30.6. The van der Waals surface area contributed by atoms with Crippen LogP contribution in [-0.2, 0) is 4.74 Å². The first-order valence-electron chi connectivity index (χ1n) is 20.3. The third kappa shape index (κ3) is 9.07. The number of unbranched alkanes of at least 4 members (excludes halogenated alkanes) is 11. The van der Waals surface area contributed by atoms with E-state index in [9.17, 15) is 0 Å². The molecule has 4 rings (SSSR count). The summed E-state index contributed by atoms with van der Waals surface area (Å²) in [7, 11) is 0. The fourth-order valence-corrected chi connectivity index (χ4v) is 11.6. The Labute approximate surface area is 271 Å². The van der Waals surface area contributed by atoms with Gasteiger partial charge in [-0.25, -0.2) is 0 Å². The highest BCUT2D eigenvalue weighted by atomic mass is 16.5. The molecule has 252 valence electrons. The van der Waals surface area contributed by atoms with Crippen molar-refractivity contribution in [3.05, 3.63) is 0 Å². The van der Waals surface area contributed by atoms with Crippen molar-refractivity contribution in [3.63, 3.8) is 0 Å². The van der Waals surface area contributed by atoms with Gasteiger partial charge in [0, 0.05) is 6.61 Å². The predicted octanol–water partition coefficient (Wildman–Crippen LogP) is 13.4. The summed E-state index contributed by atoms with van der Waals surface area (Å²) in [4.78, 5) is 0. The molecule has 10 atom stereocenters. The van der Waals surface area contributed by atoms with Crippen LogP contribution in [0.5, 0.6) is 0 Å². The fraction of sp³-hybridized carbons (Fsp3) is 1.00. The Bertz CT molecular complexity index is 773. The topological polar surface area (TPSA) is 9.23 Å². The number of fused-ring (bicyclic) bond motifs is 5. The lowest BCUT2D eigenvalue weighted by atomic mass is 9.44. The molecular weight excluding hydrogens is 520 g/mol. The van der Waals surface area contributed by atoms with Crippen LogP contribution in [0.25, 0.3) is 0 Å². The van der Waals surface area contributed by atoms with Gasteiger partial charge >= 0.3 is 0 Å². The summed E-state index contributed by atoms with van der Waals surface area (Å²) in [6.07, 6.45) is 33.8. The summed E-state index contributed by atoms with van der Waals surface area (Å²) in [5.41, 5.74) is 1.22. The maximum Gasteiger partial charge on any atom is 0.0578 e. The van der Waals surface area contributed by atoms with Crippen LogP contribution >= 0.6 is 0 Å². The molecule has 4 aliphatic rings. The van der Waals surface area contributed by atoms with Crippen LogP contribution in [0.4, 0.5) is 0 Å². The van der Waals surface area contributed by atoms with Crippen molar-refractivity contribution in [3.8, 4) is 0 Å². The van der Waals surface area contributed by atoms with Crippen LogP contribution in [0.2, 0.25) is 0 Å². The van der Waals surface area contributed by atoms with Crippen LogP contribution in [0.15, 0.2) is 0 Å². The van der Waals surface area contributed by atoms with E-state index in [0.717, 1.165) is 54.0 Å². The average Bonchev–Trinajstić information content (AvgIpc) is 3.35. The fourth-order valence-electron chi connectivity index (χ4n) is 11.6. The van der Waals surface area contributed by atoms with Crippen molar-refractivity contribution in [2.45, 2.75) is 202 Å². The summed E-state index contributed by atoms with van der Waals surface area (Å²) in [6, 6.07) is 0. The van der Waals surface area contributed by atoms with Crippen LogP contribution in [0, 0.1) is 58.2 Å². The highest BCUT2D eigenvalue weighted by Crippen LogP contribution is 2.68. The van der Waals surface area contributed by atoms with Crippen LogP contribution in [0.3, 0.4) is 0 Å². The third-order valence-corrected chi connectivity index (χ3v) is 14.9. The molecule has 4 saturated carbocycles. The first kappa shape index (κ1) is 35.8. The number of ether oxygens (including phenoxy) is 1. The van der Waals surface area contributed by atoms with E-state index in [1.807, 2.05) is 0 Å². The summed E-state index contributed by atoms with van der Waals surface area (Å²) >= 11 is 0. The molecule has 4 fully saturated rings. The Morgan fingerprint density at radius 2 is 1.23 bits per heavy atom. The van der Waals surface area contributed by atoms with Gasteiger partial charge in [-0.2, -0.15) is 0 Å². The molecule has 0 aromatic heterocycles. The third-order valence-electron chi connectivity index (χ3n) is 14.9. The van der Waals surface area contributed by atoms with Crippen LogP contribution < -0.4 is 0 Å². The highest BCUT2D eigenvalue weighted by Gasteiger charge is 2.60. The lowest BCUT2D eigenvalue weighted by Crippen LogP contribution is -2.54. The molecule has 0 heterocycles. The number of hydrogen-bond donors (Lipinski definition) is 0. The van der Waals surface area contributed by atoms with Crippen molar-refractivity contribution >= 4 is 0 Å². The number of rotatable bonds is 19. The zero-order chi connectivity index (χ0) is 30.9. The maximum atomic E-state index is 6.58. The van der Waals surface area contributed by atoms with Gasteiger partial charge in [0.15, 0.2) is 0 Å². The van der Waals surface area contributed by atoms with E-state index in [1.165, 1.54) is 148 Å². The molecule has 0 N–H and O–H groups in total. The lowest BCUT2D eigenvalue weighted by Gasteiger charge is -2.61. The van der Waals surface area contributed by atoms with E-state index in [4.69, 9.17) is 4.74 Å². The quantitative estimate of drug-likeness (QED) is 0.134. The zero-order valence-corrected chi connectivity index (χ0v) is 30.6. The summed E-state index contributed by atoms with van der Waals surface area (Å²) in [5, 5.41) is 0. The minimum absolute atomic E-state index is 0.557. The van der Waals surface area contributed by atoms with Crippen molar-refractivity contribution < 1.29 is 4.74 Å². The first-order valence-corrected chi connectivity index (χ1v) is 20.3. The minimum Gasteiger partial charge on any atom is -0.378 e. The Hall–Kier alpha value is -0.0400. The monoisotopic (exact) mass is 599 g/mol. The summed E-state index contributed by atoms with van der Waals surface area (Å²) < 4.78 is 6.58. The minimum atomic E-state index is 0.557. The van der Waals surface area contributed by atoms with Gasteiger partial charge in [-0.1, -0.05) is 132 Å². The molecular formula is C42H78O. The standard InChI is InChI=1S/C42H78O/c1-8-9-10-11-12-13-14-15-16-17-18-19-30-43-36-26-28-41(6)35(31-36)22-23-37-39-25-24-38(42(39,7)29-27-40(37)41)34(5)21-20-33(4)32(2)3/h32-40H,8-31H2,1-7H3. The smallest absolute Gasteiger partial charge is 0.0578 e. The highest BCUT2D eigenvalue weighted by molar-refractivity contribution is 5.09. The van der Waals surface area contributed by atoms with Crippen molar-refractivity contribution in [1.82, 2.24) is 0 Å². The molecule has 0 amide bonds. The summed E-state index contributed by atoms with van der Waals surface area (Å²) in [6.45, 7) is 18.8. The van der Waals surface area contributed by atoms with E-state index < -0.39 is 0 Å². The number of hydrogen-bond acceptors (Lipinski definition) is 1. The van der Waals surface area contributed by atoms with Crippen LogP contribution in [-0.4, -0.2) is 12.7 Å². The normalized spacial score (nSPS) is 37.1. The Kier molecular flexibility index (Phi) is 14.3. The largest absolute Gasteiger partial charge is 0.378 e. The molecule has 43 heavy (non-hydrogen) atoms. The molecule has 0 aliphatic heterocycles. The molecule has 10 unspecified atom stereocenters. The average molecular weight is 599 g/mol. The Balaban J connectivity index is 1.14. The maximum absolute atomic E-state index is 6.58. The van der Waals surface area contributed by atoms with Crippen molar-refractivity contribution in [2.75, 3.05) is 6.61 Å². The van der Waals surface area contributed by atoms with E-state index in [1.54, 1.807) is 0 Å². The van der Waals surface area contributed by atoms with Gasteiger partial charge in [0.25, 0.3) is 0 Å². The van der Waals surface area contributed by atoms with E-state index in [0.29, 0.717) is 16.9 Å². The first-order chi connectivity index (χ1) is 20.7. The second kappa shape index (κ2) is 17.2. The van der Waals surface area contributed by atoms with Gasteiger partial charge in [0.2, 0.25) is 0 Å². The molecule has 1 nitrogen and oxygen atoms in total. The molecule has 0 spiro atoms. The molecule has 0 aromatic rings. The van der Waals surface area contributed by atoms with Gasteiger partial charge < -0.3 is 4.74 Å². The molecule has 0 bridgehead atoms. The Morgan fingerprint density at radius 3 is 1.88 bits per heavy atom. The predicted molar refractivity (Wildman–Crippen MR) is 188 cm³/mol. The SMILES string of the molecule is CCCCCCCCCCCCCCOC1CCC2(C)C(CCC3C2CCC2(C)C(C(C)CCC(C)C(C)C)CCC32)C1. The van der Waals surface area contributed by atoms with E-state index in [2.05, 4.69) is 48.5 Å². The molecule has 4 aliphatic carbocycles. The van der Waals surface area contributed by atoms with Gasteiger partial charge in [0.1, 0.15) is 0 Å². The molecule has 1 heteroatoms. The van der Waals surface area contributed by atoms with Crippen molar-refractivity contribution in [2.24, 2.45) is 58.2 Å². The van der Waals surface area contributed by atoms with Gasteiger partial charge in [-0.05, 0) is 122 Å². The van der Waals surface area contributed by atoms with Crippen LogP contribution in [0.1, 0.15) is 196 Å².